The van der Waals surface area contributed by atoms with Gasteiger partial charge in [-0.05, 0) is 265 Å². The van der Waals surface area contributed by atoms with Crippen molar-refractivity contribution < 1.29 is 116 Å². The summed E-state index contributed by atoms with van der Waals surface area (Å²) in [5, 5.41) is 0. The summed E-state index contributed by atoms with van der Waals surface area (Å²) in [7, 11) is 0. The number of hydrogen-bond acceptors (Lipinski definition) is 4. The molecule has 0 heterocycles. The number of hydrogen-bond donors (Lipinski definition) is 0. The fourth-order valence-corrected chi connectivity index (χ4v) is 16.3. The summed E-state index contributed by atoms with van der Waals surface area (Å²) < 4.78 is 280. The zero-order valence-corrected chi connectivity index (χ0v) is 70.2. The van der Waals surface area contributed by atoms with Gasteiger partial charge in [-0.25, -0.2) is 70.2 Å². The third kappa shape index (κ3) is 35.4. The van der Waals surface area contributed by atoms with Gasteiger partial charge in [-0.2, -0.15) is 26.3 Å². The van der Waals surface area contributed by atoms with E-state index < -0.39 is 134 Å². The van der Waals surface area contributed by atoms with Crippen molar-refractivity contribution in [3.8, 4) is 67.5 Å². The standard InChI is InChI=1S/C24H29F3O.C23H27F3O.C22H25F3O.C21H23F3O.3C2HF3.C2H3F/c1-2-3-4-5-17-6-8-18(9-7-17)19-10-12-20(13-11-19)21-14-22(26)24(28-16-25)23(27)15-21;1-2-3-4-16-5-7-17(8-6-16)18-9-11-19(12-10-18)20-13-21(25)23(27-15-24)22(26)14-20;1-2-3-15-4-6-16(7-5-15)17-8-10-18(11-9-17)19-12-20(24)22(26-14-23)21(25)13-19;1-2-14-3-5-15(6-4-14)16-7-9-17(10-8-16)18-11-19(23)21(25-13-22)20(24)12-18;3*3-1-2(4)5;1-2-3/h10-15,17-18H,2-9,16H2,1H3;9-14,16-17H,2-8,15H2,1H3;8-13,15-16H,2-7,14H2,1H3;7-12,14-15H,2-6,13H2,1H3;3*1H;2H,1H2. The average Bonchev–Trinajstić information content (AvgIpc) is 0.821. The normalized spacial score (nSPS) is 18.0. The van der Waals surface area contributed by atoms with Gasteiger partial charge in [0.05, 0.1) is 6.33 Å². The highest BCUT2D eigenvalue weighted by Gasteiger charge is 2.28. The molecule has 0 bridgehead atoms. The topological polar surface area (TPSA) is 36.9 Å². The first-order valence-corrected chi connectivity index (χ1v) is 41.9. The largest absolute Gasteiger partial charge is 0.457 e. The molecule has 4 saturated carbocycles. The maximum absolute atomic E-state index is 14.0. The first-order valence-electron chi connectivity index (χ1n) is 41.9. The molecule has 124 heavy (non-hydrogen) atoms. The average molecular weight is 1770 g/mol. The maximum Gasteiger partial charge on any atom is 0.298 e. The predicted molar refractivity (Wildman–Crippen MR) is 447 cm³/mol. The van der Waals surface area contributed by atoms with Gasteiger partial charge in [-0.15, -0.1) is 0 Å². The van der Waals surface area contributed by atoms with Gasteiger partial charge in [-0.3, -0.25) is 0 Å². The number of benzene rings is 8. The van der Waals surface area contributed by atoms with Crippen molar-refractivity contribution in [3.63, 3.8) is 0 Å². The quantitative estimate of drug-likeness (QED) is 0.0400. The Morgan fingerprint density at radius 3 is 0.653 bits per heavy atom. The molecule has 0 amide bonds. The third-order valence-corrected chi connectivity index (χ3v) is 22.7. The molecule has 26 heteroatoms. The van der Waals surface area contributed by atoms with Gasteiger partial charge in [0.15, 0.2) is 88.5 Å². The van der Waals surface area contributed by atoms with E-state index in [-0.39, 0.29) is 6.33 Å². The van der Waals surface area contributed by atoms with Crippen molar-refractivity contribution >= 4 is 0 Å². The molecule has 4 fully saturated rings. The molecule has 0 unspecified atom stereocenters. The minimum atomic E-state index is -2.29. The van der Waals surface area contributed by atoms with Gasteiger partial charge in [0.2, 0.25) is 27.4 Å². The summed E-state index contributed by atoms with van der Waals surface area (Å²) in [6.07, 6.45) is 24.2. The van der Waals surface area contributed by atoms with Gasteiger partial charge in [-0.1, -0.05) is 196 Å². The Balaban J connectivity index is 0.000000275. The van der Waals surface area contributed by atoms with Crippen LogP contribution in [-0.4, -0.2) is 27.4 Å². The van der Waals surface area contributed by atoms with Crippen LogP contribution in [0.15, 0.2) is 196 Å². The van der Waals surface area contributed by atoms with E-state index in [1.807, 2.05) is 60.7 Å². The van der Waals surface area contributed by atoms with E-state index in [9.17, 15) is 96.6 Å². The molecular weight excluding hydrogens is 1660 g/mol. The number of rotatable bonds is 26. The van der Waals surface area contributed by atoms with E-state index in [0.717, 1.165) is 45.9 Å². The fraction of sp³-hybridized carbons (Fsp3) is 0.429. The lowest BCUT2D eigenvalue weighted by molar-refractivity contribution is 0.176. The van der Waals surface area contributed by atoms with E-state index in [1.54, 1.807) is 0 Å². The van der Waals surface area contributed by atoms with Gasteiger partial charge < -0.3 is 18.9 Å². The Bertz CT molecular complexity index is 4310. The van der Waals surface area contributed by atoms with E-state index >= 15 is 0 Å². The highest BCUT2D eigenvalue weighted by atomic mass is 19.3. The van der Waals surface area contributed by atoms with Crippen LogP contribution < -0.4 is 18.9 Å². The summed E-state index contributed by atoms with van der Waals surface area (Å²) in [4.78, 5) is 0. The molecule has 4 aliphatic rings. The van der Waals surface area contributed by atoms with Gasteiger partial charge in [0.1, 0.15) is 0 Å². The van der Waals surface area contributed by atoms with Gasteiger partial charge in [0.25, 0.3) is 18.2 Å². The van der Waals surface area contributed by atoms with E-state index in [0.29, 0.717) is 45.9 Å². The molecule has 0 N–H and O–H groups in total. The van der Waals surface area contributed by atoms with Crippen molar-refractivity contribution in [1.82, 2.24) is 0 Å². The molecule has 0 atom stereocenters. The second-order valence-electron chi connectivity index (χ2n) is 30.6. The molecule has 0 aliphatic heterocycles. The summed E-state index contributed by atoms with van der Waals surface area (Å²) in [6, 6.07) is 41.1. The number of alkyl halides is 4. The lowest BCUT2D eigenvalue weighted by Crippen LogP contribution is -2.13. The molecule has 680 valence electrons. The molecule has 0 aromatic heterocycles. The maximum atomic E-state index is 14.0. The van der Waals surface area contributed by atoms with Crippen LogP contribution in [0.5, 0.6) is 23.0 Å². The van der Waals surface area contributed by atoms with Crippen LogP contribution >= 0.6 is 0 Å². The molecule has 0 radical (unpaired) electrons. The van der Waals surface area contributed by atoms with Crippen LogP contribution in [-0.2, 0) is 0 Å². The van der Waals surface area contributed by atoms with Crippen LogP contribution in [0.25, 0.3) is 44.5 Å². The zero-order valence-electron chi connectivity index (χ0n) is 70.2. The molecule has 8 aromatic rings. The highest BCUT2D eigenvalue weighted by Crippen LogP contribution is 2.44. The summed E-state index contributed by atoms with van der Waals surface area (Å²) >= 11 is 0. The summed E-state index contributed by atoms with van der Waals surface area (Å²) in [6.45, 7) is 6.63. The minimum Gasteiger partial charge on any atom is -0.457 e. The molecular formula is C98H110F22O4. The Morgan fingerprint density at radius 1 is 0.282 bits per heavy atom. The van der Waals surface area contributed by atoms with Crippen LogP contribution in [0.1, 0.15) is 241 Å². The third-order valence-electron chi connectivity index (χ3n) is 22.7. The van der Waals surface area contributed by atoms with Crippen molar-refractivity contribution in [2.75, 3.05) is 27.4 Å². The second kappa shape index (κ2) is 57.8. The summed E-state index contributed by atoms with van der Waals surface area (Å²) in [5.74, 6) is -4.05. The molecule has 4 aliphatic carbocycles. The van der Waals surface area contributed by atoms with E-state index in [2.05, 4.69) is 89.6 Å². The van der Waals surface area contributed by atoms with Crippen molar-refractivity contribution in [3.05, 3.63) is 265 Å². The molecule has 0 spiro atoms. The summed E-state index contributed by atoms with van der Waals surface area (Å²) in [5.41, 5.74) is 9.80. The zero-order chi connectivity index (χ0) is 91.0. The molecule has 8 aromatic carbocycles. The van der Waals surface area contributed by atoms with Crippen LogP contribution in [0.2, 0.25) is 0 Å². The van der Waals surface area contributed by atoms with Crippen LogP contribution in [0.3, 0.4) is 0 Å². The Kier molecular flexibility index (Phi) is 48.9. The van der Waals surface area contributed by atoms with Crippen molar-refractivity contribution in [1.29, 1.82) is 0 Å². The minimum absolute atomic E-state index is 0.250. The fourth-order valence-electron chi connectivity index (χ4n) is 16.3. The number of halogens is 22. The van der Waals surface area contributed by atoms with Crippen LogP contribution in [0, 0.1) is 70.2 Å². The van der Waals surface area contributed by atoms with E-state index in [4.69, 9.17) is 0 Å². The first kappa shape index (κ1) is 105. The molecule has 0 saturated heterocycles. The SMILES string of the molecule is C=CF.CCC1CCC(c2ccc(-c3cc(F)c(OCF)c(F)c3)cc2)CC1.CCCC1CCC(c2ccc(-c3cc(F)c(OCF)c(F)c3)cc2)CC1.CCCCC1CCC(c2ccc(-c3cc(F)c(OCF)c(F)c3)cc2)CC1.CCCCCC1CCC(c2ccc(-c3cc(F)c(OCF)c(F)c3)cc2)CC1.FC=C(F)F.FC=C(F)F.FC=C(F)F. The van der Waals surface area contributed by atoms with Crippen molar-refractivity contribution in [2.24, 2.45) is 23.7 Å². The molecule has 4 nitrogen and oxygen atoms in total. The number of ether oxygens (including phenoxy) is 4. The first-order chi connectivity index (χ1) is 59.7. The lowest BCUT2D eigenvalue weighted by Gasteiger charge is -2.29. The van der Waals surface area contributed by atoms with Crippen molar-refractivity contribution in [2.45, 2.75) is 218 Å². The molecule has 12 rings (SSSR count). The predicted octanol–water partition coefficient (Wildman–Crippen LogP) is 35.0. The van der Waals surface area contributed by atoms with Crippen LogP contribution in [0.4, 0.5) is 96.6 Å². The van der Waals surface area contributed by atoms with Gasteiger partial charge in [0, 0.05) is 0 Å². The Morgan fingerprint density at radius 2 is 0.476 bits per heavy atom. The second-order valence-corrected chi connectivity index (χ2v) is 30.6. The number of unbranched alkanes of at least 4 members (excludes halogenated alkanes) is 3. The van der Waals surface area contributed by atoms with Gasteiger partial charge >= 0.3 is 0 Å². The Labute approximate surface area is 713 Å². The Hall–Kier alpha value is -9.62. The van der Waals surface area contributed by atoms with E-state index in [1.165, 1.54) is 238 Å². The monoisotopic (exact) mass is 1770 g/mol. The lowest BCUT2D eigenvalue weighted by atomic mass is 9.77. The highest BCUT2D eigenvalue weighted by molar-refractivity contribution is 5.68. The smallest absolute Gasteiger partial charge is 0.298 e.